The zero-order chi connectivity index (χ0) is 10.1. The Morgan fingerprint density at radius 1 is 1.50 bits per heavy atom. The molecule has 1 unspecified atom stereocenters. The Balaban J connectivity index is 2.50. The van der Waals surface area contributed by atoms with Crippen LogP contribution in [0.5, 0.6) is 0 Å². The molecule has 0 fully saturated rings. The monoisotopic (exact) mass is 214 g/mol. The lowest BCUT2D eigenvalue weighted by Crippen LogP contribution is -2.13. The van der Waals surface area contributed by atoms with Gasteiger partial charge in [0.25, 0.3) is 0 Å². The lowest BCUT2D eigenvalue weighted by atomic mass is 9.83. The van der Waals surface area contributed by atoms with Gasteiger partial charge in [0.05, 0.1) is 5.02 Å². The minimum atomic E-state index is -0.357. The molecule has 1 aromatic rings. The van der Waals surface area contributed by atoms with E-state index < -0.39 is 0 Å². The average Bonchev–Trinajstić information content (AvgIpc) is 2.23. The first-order valence-corrected chi connectivity index (χ1v) is 5.19. The molecule has 0 aromatic heterocycles. The van der Waals surface area contributed by atoms with E-state index in [-0.39, 0.29) is 23.4 Å². The van der Waals surface area contributed by atoms with Crippen molar-refractivity contribution in [1.82, 2.24) is 0 Å². The molecular weight excluding hydrogens is 203 g/mol. The summed E-state index contributed by atoms with van der Waals surface area (Å²) >= 11 is 5.88. The van der Waals surface area contributed by atoms with Gasteiger partial charge in [-0.15, -0.1) is 0 Å². The summed E-state index contributed by atoms with van der Waals surface area (Å²) < 4.78 is 13.1. The minimum absolute atomic E-state index is 0.120. The second-order valence-corrected chi connectivity index (χ2v) is 4.08. The highest BCUT2D eigenvalue weighted by Crippen LogP contribution is 2.36. The van der Waals surface area contributed by atoms with Gasteiger partial charge in [0.15, 0.2) is 0 Å². The van der Waals surface area contributed by atoms with Crippen LogP contribution in [0.2, 0.25) is 5.02 Å². The highest BCUT2D eigenvalue weighted by atomic mass is 35.5. The average molecular weight is 215 g/mol. The number of aliphatic hydroxyl groups is 1. The van der Waals surface area contributed by atoms with Crippen molar-refractivity contribution in [2.45, 2.75) is 25.2 Å². The van der Waals surface area contributed by atoms with Gasteiger partial charge in [-0.05, 0) is 36.5 Å². The first-order chi connectivity index (χ1) is 6.74. The van der Waals surface area contributed by atoms with Crippen molar-refractivity contribution in [3.8, 4) is 0 Å². The number of hydrogen-bond donors (Lipinski definition) is 1. The summed E-state index contributed by atoms with van der Waals surface area (Å²) in [6.07, 6.45) is 2.76. The molecule has 0 aliphatic heterocycles. The molecule has 0 heterocycles. The van der Waals surface area contributed by atoms with Crippen molar-refractivity contribution in [2.75, 3.05) is 6.61 Å². The van der Waals surface area contributed by atoms with Crippen LogP contribution in [0.1, 0.15) is 29.9 Å². The fourth-order valence-corrected chi connectivity index (χ4v) is 2.38. The summed E-state index contributed by atoms with van der Waals surface area (Å²) in [5.41, 5.74) is 1.90. The zero-order valence-corrected chi connectivity index (χ0v) is 8.52. The Morgan fingerprint density at radius 3 is 3.00 bits per heavy atom. The third-order valence-electron chi connectivity index (χ3n) is 2.87. The number of rotatable bonds is 1. The molecule has 1 N–H and O–H groups in total. The maximum atomic E-state index is 13.1. The van der Waals surface area contributed by atoms with Crippen molar-refractivity contribution in [1.29, 1.82) is 0 Å². The van der Waals surface area contributed by atoms with E-state index in [1.807, 2.05) is 0 Å². The first-order valence-electron chi connectivity index (χ1n) is 4.81. The molecular formula is C11H12ClFO. The molecule has 1 aliphatic carbocycles. The summed E-state index contributed by atoms with van der Waals surface area (Å²) in [6, 6.07) is 3.13. The van der Waals surface area contributed by atoms with Crippen molar-refractivity contribution in [2.24, 2.45) is 0 Å². The van der Waals surface area contributed by atoms with Crippen molar-refractivity contribution >= 4 is 11.6 Å². The predicted molar refractivity (Wildman–Crippen MR) is 54.2 cm³/mol. The molecule has 1 aliphatic rings. The van der Waals surface area contributed by atoms with Gasteiger partial charge in [-0.25, -0.2) is 4.39 Å². The number of hydrogen-bond acceptors (Lipinski definition) is 1. The van der Waals surface area contributed by atoms with Crippen LogP contribution in [0, 0.1) is 5.82 Å². The van der Waals surface area contributed by atoms with E-state index in [2.05, 4.69) is 0 Å². The van der Waals surface area contributed by atoms with Crippen LogP contribution in [0.3, 0.4) is 0 Å². The van der Waals surface area contributed by atoms with Crippen LogP contribution in [0.4, 0.5) is 4.39 Å². The normalized spacial score (nSPS) is 20.6. The van der Waals surface area contributed by atoms with E-state index in [4.69, 9.17) is 16.7 Å². The largest absolute Gasteiger partial charge is 0.396 e. The van der Waals surface area contributed by atoms with E-state index in [1.54, 1.807) is 6.07 Å². The fourth-order valence-electron chi connectivity index (χ4n) is 2.11. The molecule has 3 heteroatoms. The second-order valence-electron chi connectivity index (χ2n) is 3.70. The molecule has 0 saturated heterocycles. The van der Waals surface area contributed by atoms with Crippen LogP contribution in [0.15, 0.2) is 12.1 Å². The van der Waals surface area contributed by atoms with Gasteiger partial charge in [0, 0.05) is 12.5 Å². The van der Waals surface area contributed by atoms with E-state index in [0.29, 0.717) is 0 Å². The molecule has 0 spiro atoms. The van der Waals surface area contributed by atoms with Gasteiger partial charge in [-0.1, -0.05) is 17.7 Å². The van der Waals surface area contributed by atoms with E-state index in [0.717, 1.165) is 30.4 Å². The first kappa shape index (κ1) is 9.94. The molecule has 14 heavy (non-hydrogen) atoms. The highest BCUT2D eigenvalue weighted by molar-refractivity contribution is 6.31. The lowest BCUT2D eigenvalue weighted by molar-refractivity contribution is 0.253. The number of benzene rings is 1. The molecule has 1 atom stereocenters. The Hall–Kier alpha value is -0.600. The smallest absolute Gasteiger partial charge is 0.142 e. The van der Waals surface area contributed by atoms with E-state index >= 15 is 0 Å². The molecule has 0 bridgehead atoms. The summed E-state index contributed by atoms with van der Waals surface area (Å²) in [7, 11) is 0. The summed E-state index contributed by atoms with van der Waals surface area (Å²) in [4.78, 5) is 0. The zero-order valence-electron chi connectivity index (χ0n) is 7.76. The van der Waals surface area contributed by atoms with Gasteiger partial charge in [-0.3, -0.25) is 0 Å². The Labute approximate surface area is 87.5 Å². The Bertz CT molecular complexity index is 351. The molecule has 0 radical (unpaired) electrons. The molecule has 1 aromatic carbocycles. The van der Waals surface area contributed by atoms with Gasteiger partial charge < -0.3 is 5.11 Å². The fraction of sp³-hybridized carbons (Fsp3) is 0.455. The third-order valence-corrected chi connectivity index (χ3v) is 3.28. The Kier molecular flexibility index (Phi) is 2.75. The standard InChI is InChI=1S/C11H12ClFO/c12-11-9-3-1-2-7(6-14)8(9)4-5-10(11)13/h4-5,7,14H,1-3,6H2. The van der Waals surface area contributed by atoms with Crippen molar-refractivity contribution < 1.29 is 9.50 Å². The van der Waals surface area contributed by atoms with Crippen molar-refractivity contribution in [3.63, 3.8) is 0 Å². The van der Waals surface area contributed by atoms with Gasteiger partial charge in [0.2, 0.25) is 0 Å². The molecule has 76 valence electrons. The minimum Gasteiger partial charge on any atom is -0.396 e. The Morgan fingerprint density at radius 2 is 2.29 bits per heavy atom. The van der Waals surface area contributed by atoms with Gasteiger partial charge >= 0.3 is 0 Å². The number of halogens is 2. The van der Waals surface area contributed by atoms with Crippen LogP contribution in [-0.4, -0.2) is 11.7 Å². The van der Waals surface area contributed by atoms with E-state index in [1.165, 1.54) is 6.07 Å². The van der Waals surface area contributed by atoms with Crippen molar-refractivity contribution in [3.05, 3.63) is 34.1 Å². The maximum Gasteiger partial charge on any atom is 0.142 e. The van der Waals surface area contributed by atoms with Crippen LogP contribution in [0.25, 0.3) is 0 Å². The molecule has 0 amide bonds. The SMILES string of the molecule is OCC1CCCc2c1ccc(F)c2Cl. The lowest BCUT2D eigenvalue weighted by Gasteiger charge is -2.24. The third kappa shape index (κ3) is 1.53. The predicted octanol–water partition coefficient (Wildman–Crippen LogP) is 2.89. The molecule has 0 saturated carbocycles. The highest BCUT2D eigenvalue weighted by Gasteiger charge is 2.22. The van der Waals surface area contributed by atoms with E-state index in [9.17, 15) is 4.39 Å². The maximum absolute atomic E-state index is 13.1. The molecule has 1 nitrogen and oxygen atoms in total. The number of fused-ring (bicyclic) bond motifs is 1. The summed E-state index contributed by atoms with van der Waals surface area (Å²) in [6.45, 7) is 0.120. The molecule has 2 rings (SSSR count). The van der Waals surface area contributed by atoms with Crippen LogP contribution >= 0.6 is 11.6 Å². The quantitative estimate of drug-likeness (QED) is 0.762. The van der Waals surface area contributed by atoms with Gasteiger partial charge in [0.1, 0.15) is 5.82 Å². The second kappa shape index (κ2) is 3.87. The topological polar surface area (TPSA) is 20.2 Å². The van der Waals surface area contributed by atoms with Gasteiger partial charge in [-0.2, -0.15) is 0 Å². The van der Waals surface area contributed by atoms with Crippen LogP contribution < -0.4 is 0 Å². The number of aliphatic hydroxyl groups excluding tert-OH is 1. The summed E-state index contributed by atoms with van der Waals surface area (Å²) in [5, 5.41) is 9.40. The van der Waals surface area contributed by atoms with Crippen LogP contribution in [-0.2, 0) is 6.42 Å². The summed E-state index contributed by atoms with van der Waals surface area (Å²) in [5.74, 6) is -0.221.